The van der Waals surface area contributed by atoms with E-state index in [4.69, 9.17) is 4.74 Å². The van der Waals surface area contributed by atoms with E-state index >= 15 is 0 Å². The summed E-state index contributed by atoms with van der Waals surface area (Å²) in [7, 11) is 3.12. The number of hydrogen-bond acceptors (Lipinski definition) is 6. The lowest BCUT2D eigenvalue weighted by atomic mass is 9.81. The van der Waals surface area contributed by atoms with Crippen LogP contribution in [-0.2, 0) is 19.1 Å². The zero-order valence-corrected chi connectivity index (χ0v) is 24.0. The molecule has 3 saturated carbocycles. The van der Waals surface area contributed by atoms with Gasteiger partial charge in [0.15, 0.2) is 0 Å². The maximum atomic E-state index is 12.9. The molecule has 4 aliphatic rings. The lowest BCUT2D eigenvalue weighted by Gasteiger charge is -2.37. The highest BCUT2D eigenvalue weighted by Crippen LogP contribution is 2.30. The molecule has 6 atom stereocenters. The second-order valence-corrected chi connectivity index (χ2v) is 12.6. The van der Waals surface area contributed by atoms with Crippen molar-refractivity contribution in [2.75, 3.05) is 20.7 Å². The van der Waals surface area contributed by atoms with Gasteiger partial charge >= 0.3 is 12.0 Å². The minimum atomic E-state index is -0.594. The van der Waals surface area contributed by atoms with E-state index in [1.165, 1.54) is 26.4 Å². The maximum Gasteiger partial charge on any atom is 0.315 e. The Labute approximate surface area is 233 Å². The molecule has 4 amide bonds. The van der Waals surface area contributed by atoms with Crippen LogP contribution < -0.4 is 21.3 Å². The lowest BCUT2D eigenvalue weighted by molar-refractivity contribution is -0.144. The standard InChI is InChI=1S/C29H49N5O5/c1-18-6-4-5-7-23(18)33-29(38)31-21-11-8-19(9-12-21)14-26(35)30-22-13-10-20-17-34(2)28(37)25(16-27(36)39-3)32-24(20)15-22/h18-25,32H,4-17H2,1-3H3,(H,30,35)(H2,31,33,38). The van der Waals surface area contributed by atoms with Crippen molar-refractivity contribution in [2.45, 2.75) is 121 Å². The van der Waals surface area contributed by atoms with Crippen LogP contribution in [0, 0.1) is 17.8 Å². The molecule has 4 rings (SSSR count). The van der Waals surface area contributed by atoms with Crippen LogP contribution in [0.15, 0.2) is 0 Å². The molecule has 220 valence electrons. The number of nitrogens with one attached hydrogen (secondary N) is 4. The van der Waals surface area contributed by atoms with E-state index in [2.05, 4.69) is 28.2 Å². The number of urea groups is 1. The van der Waals surface area contributed by atoms with Gasteiger partial charge in [-0.05, 0) is 75.5 Å². The number of carbonyl (C=O) groups excluding carboxylic acids is 4. The zero-order valence-electron chi connectivity index (χ0n) is 24.0. The van der Waals surface area contributed by atoms with Crippen molar-refractivity contribution in [1.29, 1.82) is 0 Å². The third-order valence-electron chi connectivity index (χ3n) is 9.64. The monoisotopic (exact) mass is 547 g/mol. The molecule has 0 spiro atoms. The number of likely N-dealkylation sites (N-methyl/N-ethyl adjacent to an activating group) is 1. The first-order chi connectivity index (χ1) is 18.7. The molecule has 1 saturated heterocycles. The molecule has 10 nitrogen and oxygen atoms in total. The molecule has 0 aromatic rings. The number of nitrogens with zero attached hydrogens (tertiary/aromatic N) is 1. The molecule has 1 aliphatic heterocycles. The average molecular weight is 548 g/mol. The Hall–Kier alpha value is -2.36. The Morgan fingerprint density at radius 2 is 1.64 bits per heavy atom. The highest BCUT2D eigenvalue weighted by molar-refractivity contribution is 5.86. The van der Waals surface area contributed by atoms with Gasteiger partial charge in [-0.15, -0.1) is 0 Å². The van der Waals surface area contributed by atoms with Crippen LogP contribution in [0.3, 0.4) is 0 Å². The summed E-state index contributed by atoms with van der Waals surface area (Å²) in [6, 6.07) is -0.0479. The minimum Gasteiger partial charge on any atom is -0.469 e. The molecule has 4 N–H and O–H groups in total. The summed E-state index contributed by atoms with van der Waals surface area (Å²) < 4.78 is 4.79. The molecular formula is C29H49N5O5. The molecule has 0 aromatic heterocycles. The number of amides is 4. The second kappa shape index (κ2) is 13.8. The normalized spacial score (nSPS) is 35.3. The highest BCUT2D eigenvalue weighted by Gasteiger charge is 2.40. The van der Waals surface area contributed by atoms with Crippen LogP contribution in [0.2, 0.25) is 0 Å². The Bertz CT molecular complexity index is 876. The topological polar surface area (TPSA) is 129 Å². The SMILES string of the molecule is COC(=O)CC1NC2CC(NC(=O)CC3CCC(NC(=O)NC4CCCCC4C)CC3)CCC2CN(C)C1=O. The van der Waals surface area contributed by atoms with Crippen molar-refractivity contribution in [3.05, 3.63) is 0 Å². The number of carbonyl (C=O) groups is 4. The summed E-state index contributed by atoms with van der Waals surface area (Å²) in [5.74, 6) is 0.784. The van der Waals surface area contributed by atoms with Gasteiger partial charge in [0.1, 0.15) is 0 Å². The van der Waals surface area contributed by atoms with E-state index in [1.54, 1.807) is 11.9 Å². The van der Waals surface area contributed by atoms with E-state index in [9.17, 15) is 19.2 Å². The molecule has 3 aliphatic carbocycles. The van der Waals surface area contributed by atoms with E-state index < -0.39 is 12.0 Å². The van der Waals surface area contributed by atoms with Gasteiger partial charge in [-0.25, -0.2) is 4.79 Å². The van der Waals surface area contributed by atoms with Crippen molar-refractivity contribution >= 4 is 23.8 Å². The molecule has 1 heterocycles. The van der Waals surface area contributed by atoms with Crippen LogP contribution in [0.25, 0.3) is 0 Å². The van der Waals surface area contributed by atoms with Gasteiger partial charge < -0.3 is 30.9 Å². The molecule has 0 bridgehead atoms. The fourth-order valence-corrected chi connectivity index (χ4v) is 7.21. The Morgan fingerprint density at radius 1 is 0.923 bits per heavy atom. The lowest BCUT2D eigenvalue weighted by Crippen LogP contribution is -2.52. The Kier molecular flexibility index (Phi) is 10.5. The van der Waals surface area contributed by atoms with Gasteiger partial charge in [-0.2, -0.15) is 0 Å². The predicted molar refractivity (Wildman–Crippen MR) is 148 cm³/mol. The zero-order chi connectivity index (χ0) is 27.9. The van der Waals surface area contributed by atoms with Crippen LogP contribution >= 0.6 is 0 Å². The molecule has 0 radical (unpaired) electrons. The van der Waals surface area contributed by atoms with Crippen molar-refractivity contribution in [3.63, 3.8) is 0 Å². The second-order valence-electron chi connectivity index (χ2n) is 12.6. The highest BCUT2D eigenvalue weighted by atomic mass is 16.5. The Balaban J connectivity index is 1.18. The van der Waals surface area contributed by atoms with Crippen LogP contribution in [-0.4, -0.2) is 79.6 Å². The molecule has 39 heavy (non-hydrogen) atoms. The number of hydrogen-bond donors (Lipinski definition) is 4. The summed E-state index contributed by atoms with van der Waals surface area (Å²) >= 11 is 0. The van der Waals surface area contributed by atoms with Gasteiger partial charge in [-0.1, -0.05) is 19.8 Å². The summed E-state index contributed by atoms with van der Waals surface area (Å²) in [6.45, 7) is 2.88. The van der Waals surface area contributed by atoms with Gasteiger partial charge in [-0.3, -0.25) is 14.4 Å². The maximum absolute atomic E-state index is 12.9. The van der Waals surface area contributed by atoms with Gasteiger partial charge in [0.2, 0.25) is 11.8 Å². The van der Waals surface area contributed by atoms with Crippen LogP contribution in [0.1, 0.15) is 90.4 Å². The quantitative estimate of drug-likeness (QED) is 0.363. The third-order valence-corrected chi connectivity index (χ3v) is 9.64. The minimum absolute atomic E-state index is 0.0127. The third kappa shape index (κ3) is 8.32. The summed E-state index contributed by atoms with van der Waals surface area (Å²) in [5.41, 5.74) is 0. The van der Waals surface area contributed by atoms with E-state index in [0.29, 0.717) is 30.7 Å². The first-order valence-electron chi connectivity index (χ1n) is 15.2. The summed E-state index contributed by atoms with van der Waals surface area (Å²) in [5, 5.41) is 13.0. The fraction of sp³-hybridized carbons (Fsp3) is 0.862. The van der Waals surface area contributed by atoms with E-state index in [0.717, 1.165) is 51.4 Å². The van der Waals surface area contributed by atoms with Crippen molar-refractivity contribution < 1.29 is 23.9 Å². The number of esters is 1. The Morgan fingerprint density at radius 3 is 2.36 bits per heavy atom. The molecular weight excluding hydrogens is 498 g/mol. The number of ether oxygens (including phenoxy) is 1. The van der Waals surface area contributed by atoms with Crippen LogP contribution in [0.5, 0.6) is 0 Å². The predicted octanol–water partition coefficient (Wildman–Crippen LogP) is 2.46. The van der Waals surface area contributed by atoms with Crippen molar-refractivity contribution in [2.24, 2.45) is 17.8 Å². The largest absolute Gasteiger partial charge is 0.469 e. The average Bonchev–Trinajstić information content (AvgIpc) is 3.02. The number of fused-ring (bicyclic) bond motifs is 1. The fourth-order valence-electron chi connectivity index (χ4n) is 7.21. The molecule has 10 heteroatoms. The van der Waals surface area contributed by atoms with Crippen molar-refractivity contribution in [3.8, 4) is 0 Å². The first-order valence-corrected chi connectivity index (χ1v) is 15.2. The van der Waals surface area contributed by atoms with Gasteiger partial charge in [0.05, 0.1) is 19.6 Å². The van der Waals surface area contributed by atoms with Gasteiger partial charge in [0, 0.05) is 44.2 Å². The van der Waals surface area contributed by atoms with Crippen LogP contribution in [0.4, 0.5) is 4.79 Å². The number of rotatable bonds is 7. The van der Waals surface area contributed by atoms with Gasteiger partial charge in [0.25, 0.3) is 0 Å². The van der Waals surface area contributed by atoms with E-state index in [1.807, 2.05) is 0 Å². The summed E-state index contributed by atoms with van der Waals surface area (Å²) in [4.78, 5) is 51.8. The molecule has 6 unspecified atom stereocenters. The smallest absolute Gasteiger partial charge is 0.315 e. The van der Waals surface area contributed by atoms with E-state index in [-0.39, 0.29) is 48.4 Å². The molecule has 4 fully saturated rings. The van der Waals surface area contributed by atoms with Crippen molar-refractivity contribution in [1.82, 2.24) is 26.2 Å². The first kappa shape index (κ1) is 29.6. The number of methoxy groups -OCH3 is 1. The molecule has 0 aromatic carbocycles. The summed E-state index contributed by atoms with van der Waals surface area (Å²) in [6.07, 6.45) is 11.5.